The summed E-state index contributed by atoms with van der Waals surface area (Å²) >= 11 is 0. The highest BCUT2D eigenvalue weighted by atomic mass is 16.5. The molecule has 2 aromatic rings. The summed E-state index contributed by atoms with van der Waals surface area (Å²) in [6.07, 6.45) is 0. The number of esters is 1. The Hall–Kier alpha value is -3.02. The van der Waals surface area contributed by atoms with Crippen molar-refractivity contribution < 1.29 is 23.8 Å². The van der Waals surface area contributed by atoms with E-state index in [2.05, 4.69) is 26.1 Å². The van der Waals surface area contributed by atoms with E-state index in [1.807, 2.05) is 18.2 Å². The molecule has 0 aliphatic heterocycles. The standard InChI is InChI=1S/C21H25NO5/c1-21(2,3)14-7-6-8-16(11-14)27-13-19(23)22-18-10-9-15(25-4)12-17(18)20(24)26-5/h6-12H,13H2,1-5H3,(H,22,23). The number of benzene rings is 2. The van der Waals surface area contributed by atoms with E-state index in [0.29, 0.717) is 17.2 Å². The highest BCUT2D eigenvalue weighted by molar-refractivity contribution is 6.02. The lowest BCUT2D eigenvalue weighted by molar-refractivity contribution is -0.118. The molecule has 0 saturated heterocycles. The van der Waals surface area contributed by atoms with Crippen molar-refractivity contribution in [1.82, 2.24) is 0 Å². The maximum atomic E-state index is 12.3. The van der Waals surface area contributed by atoms with Crippen LogP contribution in [0.15, 0.2) is 42.5 Å². The van der Waals surface area contributed by atoms with Gasteiger partial charge in [0, 0.05) is 0 Å². The van der Waals surface area contributed by atoms with Gasteiger partial charge in [-0.05, 0) is 41.3 Å². The van der Waals surface area contributed by atoms with Gasteiger partial charge in [-0.3, -0.25) is 4.79 Å². The minimum absolute atomic E-state index is 0.0138. The van der Waals surface area contributed by atoms with Crippen molar-refractivity contribution in [3.05, 3.63) is 53.6 Å². The minimum Gasteiger partial charge on any atom is -0.497 e. The Labute approximate surface area is 159 Å². The summed E-state index contributed by atoms with van der Waals surface area (Å²) in [5.74, 6) is 0.151. The smallest absolute Gasteiger partial charge is 0.340 e. The van der Waals surface area contributed by atoms with Crippen molar-refractivity contribution in [3.8, 4) is 11.5 Å². The van der Waals surface area contributed by atoms with Crippen molar-refractivity contribution >= 4 is 17.6 Å². The van der Waals surface area contributed by atoms with Gasteiger partial charge in [0.1, 0.15) is 11.5 Å². The molecule has 2 rings (SSSR count). The molecule has 0 saturated carbocycles. The van der Waals surface area contributed by atoms with E-state index in [-0.39, 0.29) is 23.5 Å². The second kappa shape index (κ2) is 8.58. The van der Waals surface area contributed by atoms with Crippen LogP contribution in [0.2, 0.25) is 0 Å². The van der Waals surface area contributed by atoms with Crippen LogP contribution >= 0.6 is 0 Å². The van der Waals surface area contributed by atoms with E-state index in [9.17, 15) is 9.59 Å². The first-order valence-electron chi connectivity index (χ1n) is 8.54. The maximum Gasteiger partial charge on any atom is 0.340 e. The molecule has 0 heterocycles. The monoisotopic (exact) mass is 371 g/mol. The lowest BCUT2D eigenvalue weighted by Crippen LogP contribution is -2.22. The van der Waals surface area contributed by atoms with Crippen LogP contribution in [0.4, 0.5) is 5.69 Å². The molecule has 0 bridgehead atoms. The first-order valence-corrected chi connectivity index (χ1v) is 8.54. The normalized spacial score (nSPS) is 10.9. The number of methoxy groups -OCH3 is 2. The number of hydrogen-bond acceptors (Lipinski definition) is 5. The molecule has 0 atom stereocenters. The van der Waals surface area contributed by atoms with Gasteiger partial charge in [0.25, 0.3) is 5.91 Å². The van der Waals surface area contributed by atoms with Crippen LogP contribution < -0.4 is 14.8 Å². The number of carbonyl (C=O) groups excluding carboxylic acids is 2. The Kier molecular flexibility index (Phi) is 6.45. The van der Waals surface area contributed by atoms with E-state index >= 15 is 0 Å². The average molecular weight is 371 g/mol. The van der Waals surface area contributed by atoms with Crippen LogP contribution in [-0.2, 0) is 14.9 Å². The Bertz CT molecular complexity index is 824. The van der Waals surface area contributed by atoms with E-state index in [4.69, 9.17) is 14.2 Å². The predicted molar refractivity (Wildman–Crippen MR) is 104 cm³/mol. The zero-order chi connectivity index (χ0) is 20.0. The van der Waals surface area contributed by atoms with Crippen molar-refractivity contribution in [2.45, 2.75) is 26.2 Å². The van der Waals surface area contributed by atoms with Crippen LogP contribution in [0.3, 0.4) is 0 Å². The van der Waals surface area contributed by atoms with Crippen molar-refractivity contribution in [3.63, 3.8) is 0 Å². The third kappa shape index (κ3) is 5.48. The summed E-state index contributed by atoms with van der Waals surface area (Å²) in [6.45, 7) is 6.14. The zero-order valence-corrected chi connectivity index (χ0v) is 16.3. The van der Waals surface area contributed by atoms with E-state index < -0.39 is 5.97 Å². The van der Waals surface area contributed by atoms with Crippen molar-refractivity contribution in [1.29, 1.82) is 0 Å². The molecular formula is C21H25NO5. The predicted octanol–water partition coefficient (Wildman–Crippen LogP) is 3.80. The number of amides is 1. The molecule has 144 valence electrons. The van der Waals surface area contributed by atoms with Crippen LogP contribution in [0.1, 0.15) is 36.7 Å². The quantitative estimate of drug-likeness (QED) is 0.782. The number of hydrogen-bond donors (Lipinski definition) is 1. The fourth-order valence-corrected chi connectivity index (χ4v) is 2.43. The largest absolute Gasteiger partial charge is 0.497 e. The highest BCUT2D eigenvalue weighted by Gasteiger charge is 2.17. The van der Waals surface area contributed by atoms with Crippen molar-refractivity contribution in [2.75, 3.05) is 26.1 Å². The SMILES string of the molecule is COC(=O)c1cc(OC)ccc1NC(=O)COc1cccc(C(C)(C)C)c1. The number of carbonyl (C=O) groups is 2. The van der Waals surface area contributed by atoms with Gasteiger partial charge in [-0.25, -0.2) is 4.79 Å². The molecule has 0 aliphatic rings. The molecule has 2 aromatic carbocycles. The minimum atomic E-state index is -0.567. The lowest BCUT2D eigenvalue weighted by Gasteiger charge is -2.19. The summed E-state index contributed by atoms with van der Waals surface area (Å²) in [5.41, 5.74) is 1.64. The fraction of sp³-hybridized carbons (Fsp3) is 0.333. The molecule has 1 amide bonds. The van der Waals surface area contributed by atoms with Gasteiger partial charge in [-0.15, -0.1) is 0 Å². The third-order valence-corrected chi connectivity index (χ3v) is 3.98. The van der Waals surface area contributed by atoms with E-state index in [1.54, 1.807) is 18.2 Å². The molecule has 0 unspecified atom stereocenters. The summed E-state index contributed by atoms with van der Waals surface area (Å²) < 4.78 is 15.5. The van der Waals surface area contributed by atoms with Crippen molar-refractivity contribution in [2.24, 2.45) is 0 Å². The number of ether oxygens (including phenoxy) is 3. The third-order valence-electron chi connectivity index (χ3n) is 3.98. The van der Waals surface area contributed by atoms with Gasteiger partial charge in [0.2, 0.25) is 0 Å². The first-order chi connectivity index (χ1) is 12.7. The molecule has 6 heteroatoms. The second-order valence-electron chi connectivity index (χ2n) is 7.02. The van der Waals surface area contributed by atoms with Gasteiger partial charge >= 0.3 is 5.97 Å². The second-order valence-corrected chi connectivity index (χ2v) is 7.02. The Morgan fingerprint density at radius 3 is 2.37 bits per heavy atom. The molecule has 0 aromatic heterocycles. The first kappa shape index (κ1) is 20.3. The summed E-state index contributed by atoms with van der Waals surface area (Å²) in [5, 5.41) is 2.67. The van der Waals surface area contributed by atoms with Gasteiger partial charge in [0.05, 0.1) is 25.5 Å². The summed E-state index contributed by atoms with van der Waals surface area (Å²) in [7, 11) is 2.77. The van der Waals surface area contributed by atoms with Gasteiger partial charge < -0.3 is 19.5 Å². The van der Waals surface area contributed by atoms with Crippen LogP contribution in [0, 0.1) is 0 Å². The Balaban J connectivity index is 2.07. The number of anilines is 1. The Morgan fingerprint density at radius 2 is 1.74 bits per heavy atom. The lowest BCUT2D eigenvalue weighted by atomic mass is 9.87. The van der Waals surface area contributed by atoms with Gasteiger partial charge in [-0.1, -0.05) is 32.9 Å². The highest BCUT2D eigenvalue weighted by Crippen LogP contribution is 2.26. The fourth-order valence-electron chi connectivity index (χ4n) is 2.43. The molecule has 1 N–H and O–H groups in total. The van der Waals surface area contributed by atoms with Crippen LogP contribution in [0.5, 0.6) is 11.5 Å². The molecule has 6 nitrogen and oxygen atoms in total. The Morgan fingerprint density at radius 1 is 1.00 bits per heavy atom. The molecule has 0 aliphatic carbocycles. The molecule has 0 radical (unpaired) electrons. The molecule has 0 spiro atoms. The van der Waals surface area contributed by atoms with Crippen LogP contribution in [0.25, 0.3) is 0 Å². The maximum absolute atomic E-state index is 12.3. The number of rotatable bonds is 6. The van der Waals surface area contributed by atoms with Gasteiger partial charge in [0.15, 0.2) is 6.61 Å². The topological polar surface area (TPSA) is 73.9 Å². The zero-order valence-electron chi connectivity index (χ0n) is 16.3. The van der Waals surface area contributed by atoms with Crippen LogP contribution in [-0.4, -0.2) is 32.7 Å². The van der Waals surface area contributed by atoms with Gasteiger partial charge in [-0.2, -0.15) is 0 Å². The number of nitrogens with one attached hydrogen (secondary N) is 1. The molecule has 0 fully saturated rings. The average Bonchev–Trinajstić information content (AvgIpc) is 2.65. The van der Waals surface area contributed by atoms with E-state index in [1.165, 1.54) is 20.3 Å². The molecular weight excluding hydrogens is 346 g/mol. The summed E-state index contributed by atoms with van der Waals surface area (Å²) in [6, 6.07) is 12.4. The van der Waals surface area contributed by atoms with E-state index in [0.717, 1.165) is 5.56 Å². The summed E-state index contributed by atoms with van der Waals surface area (Å²) in [4.78, 5) is 24.2. The molecule has 27 heavy (non-hydrogen) atoms.